The van der Waals surface area contributed by atoms with Crippen LogP contribution in [0.25, 0.3) is 28.0 Å². The number of carbonyl (C=O) groups excluding carboxylic acids is 1. The van der Waals surface area contributed by atoms with Crippen LogP contribution in [-0.4, -0.2) is 22.0 Å². The van der Waals surface area contributed by atoms with Crippen molar-refractivity contribution in [2.75, 3.05) is 12.4 Å². The van der Waals surface area contributed by atoms with E-state index in [1.54, 1.807) is 43.5 Å². The lowest BCUT2D eigenvalue weighted by molar-refractivity contribution is 0.102. The van der Waals surface area contributed by atoms with Gasteiger partial charge in [-0.25, -0.2) is 8.78 Å². The van der Waals surface area contributed by atoms with Crippen LogP contribution < -0.4 is 10.1 Å². The molecule has 0 spiro atoms. The molecule has 0 saturated heterocycles. The summed E-state index contributed by atoms with van der Waals surface area (Å²) in [6.07, 6.45) is 4.65. The van der Waals surface area contributed by atoms with Crippen molar-refractivity contribution in [1.29, 1.82) is 0 Å². The normalized spacial score (nSPS) is 12.9. The van der Waals surface area contributed by atoms with Crippen LogP contribution in [0.3, 0.4) is 0 Å². The number of imidazole rings is 1. The number of carbonyl (C=O) groups is 1. The first kappa shape index (κ1) is 23.0. The maximum absolute atomic E-state index is 14.0. The summed E-state index contributed by atoms with van der Waals surface area (Å²) in [4.78, 5) is 14.0. The quantitative estimate of drug-likeness (QED) is 0.286. The van der Waals surface area contributed by atoms with Crippen LogP contribution in [0.4, 0.5) is 14.5 Å². The Morgan fingerprint density at radius 3 is 2.27 bits per heavy atom. The van der Waals surface area contributed by atoms with E-state index in [0.29, 0.717) is 17.1 Å². The Morgan fingerprint density at radius 1 is 0.892 bits per heavy atom. The van der Waals surface area contributed by atoms with Gasteiger partial charge in [-0.15, -0.1) is 0 Å². The van der Waals surface area contributed by atoms with E-state index in [1.165, 1.54) is 24.3 Å². The molecule has 0 atom stereocenters. The maximum atomic E-state index is 14.0. The largest absolute Gasteiger partial charge is 0.495 e. The van der Waals surface area contributed by atoms with Gasteiger partial charge in [-0.05, 0) is 78.9 Å². The van der Waals surface area contributed by atoms with E-state index in [-0.39, 0.29) is 17.5 Å². The zero-order valence-electron chi connectivity index (χ0n) is 20.3. The van der Waals surface area contributed by atoms with Gasteiger partial charge < -0.3 is 14.6 Å². The van der Waals surface area contributed by atoms with Crippen LogP contribution in [0, 0.1) is 11.6 Å². The van der Waals surface area contributed by atoms with Gasteiger partial charge in [0, 0.05) is 23.9 Å². The fourth-order valence-electron chi connectivity index (χ4n) is 5.32. The molecule has 5 aromatic rings. The summed E-state index contributed by atoms with van der Waals surface area (Å²) in [5.74, 6) is -0.373. The highest BCUT2D eigenvalue weighted by Crippen LogP contribution is 2.40. The molecule has 0 unspecified atom stereocenters. The van der Waals surface area contributed by atoms with Crippen LogP contribution in [-0.2, 0) is 13.0 Å². The number of nitrogens with one attached hydrogen (secondary N) is 1. The Kier molecular flexibility index (Phi) is 5.75. The summed E-state index contributed by atoms with van der Waals surface area (Å²) in [5.41, 5.74) is 6.36. The van der Waals surface area contributed by atoms with Crippen molar-refractivity contribution in [2.24, 2.45) is 0 Å². The average Bonchev–Trinajstić information content (AvgIpc) is 3.33. The third kappa shape index (κ3) is 3.96. The van der Waals surface area contributed by atoms with Crippen molar-refractivity contribution >= 4 is 17.2 Å². The van der Waals surface area contributed by atoms with Gasteiger partial charge in [-0.2, -0.15) is 0 Å². The van der Waals surface area contributed by atoms with E-state index in [1.807, 2.05) is 22.7 Å². The van der Waals surface area contributed by atoms with Crippen LogP contribution in [0.15, 0.2) is 79.0 Å². The van der Waals surface area contributed by atoms with Gasteiger partial charge in [0.25, 0.3) is 5.91 Å². The van der Waals surface area contributed by atoms with Gasteiger partial charge in [0.1, 0.15) is 28.7 Å². The second-order valence-electron chi connectivity index (χ2n) is 9.19. The lowest BCUT2D eigenvalue weighted by atomic mass is 9.97. The Hall–Kier alpha value is -4.39. The molecule has 1 aliphatic rings. The summed E-state index contributed by atoms with van der Waals surface area (Å²) in [7, 11) is 1.56. The van der Waals surface area contributed by atoms with Crippen molar-refractivity contribution in [1.82, 2.24) is 8.97 Å². The maximum Gasteiger partial charge on any atom is 0.273 e. The van der Waals surface area contributed by atoms with Gasteiger partial charge in [0.05, 0.1) is 18.5 Å². The third-order valence-corrected chi connectivity index (χ3v) is 6.98. The highest BCUT2D eigenvalue weighted by Gasteiger charge is 2.30. The Morgan fingerprint density at radius 2 is 1.57 bits per heavy atom. The lowest BCUT2D eigenvalue weighted by Crippen LogP contribution is -2.16. The van der Waals surface area contributed by atoms with E-state index >= 15 is 0 Å². The Bertz CT molecular complexity index is 1620. The molecule has 1 aliphatic heterocycles. The number of para-hydroxylation sites is 2. The number of aromatic nitrogens is 2. The number of ether oxygens (including phenoxy) is 1. The fourth-order valence-corrected chi connectivity index (χ4v) is 5.32. The number of benzene rings is 3. The molecule has 0 bridgehead atoms. The predicted octanol–water partition coefficient (Wildman–Crippen LogP) is 6.95. The second-order valence-corrected chi connectivity index (χ2v) is 9.19. The number of halogens is 2. The number of hydrogen-bond donors (Lipinski definition) is 1. The molecular weight excluding hydrogens is 472 g/mol. The number of nitrogens with zero attached hydrogens (tertiary/aromatic N) is 2. The smallest absolute Gasteiger partial charge is 0.273 e. The molecule has 186 valence electrons. The first-order chi connectivity index (χ1) is 18.0. The number of anilines is 1. The predicted molar refractivity (Wildman–Crippen MR) is 140 cm³/mol. The molecule has 7 heteroatoms. The number of methoxy groups -OCH3 is 1. The molecule has 1 amide bonds. The average molecular weight is 498 g/mol. The zero-order chi connectivity index (χ0) is 25.5. The monoisotopic (exact) mass is 497 g/mol. The van der Waals surface area contributed by atoms with Crippen LogP contribution in [0.1, 0.15) is 28.9 Å². The molecule has 0 saturated carbocycles. The van der Waals surface area contributed by atoms with Crippen molar-refractivity contribution in [2.45, 2.75) is 25.8 Å². The molecule has 6 rings (SSSR count). The van der Waals surface area contributed by atoms with E-state index in [9.17, 15) is 13.6 Å². The molecule has 5 nitrogen and oxygen atoms in total. The molecule has 0 aliphatic carbocycles. The second kappa shape index (κ2) is 9.24. The molecule has 3 aromatic carbocycles. The summed E-state index contributed by atoms with van der Waals surface area (Å²) < 4.78 is 37.1. The van der Waals surface area contributed by atoms with Crippen molar-refractivity contribution < 1.29 is 18.3 Å². The molecule has 0 radical (unpaired) electrons. The molecule has 3 heterocycles. The first-order valence-electron chi connectivity index (χ1n) is 12.3. The van der Waals surface area contributed by atoms with Crippen LogP contribution >= 0.6 is 0 Å². The summed E-state index contributed by atoms with van der Waals surface area (Å²) in [6, 6.07) is 19.9. The van der Waals surface area contributed by atoms with Gasteiger partial charge >= 0.3 is 0 Å². The van der Waals surface area contributed by atoms with Gasteiger partial charge in [-0.3, -0.25) is 9.20 Å². The number of aryl methyl sites for hydroxylation is 2. The van der Waals surface area contributed by atoms with Crippen molar-refractivity contribution in [3.63, 3.8) is 0 Å². The van der Waals surface area contributed by atoms with Gasteiger partial charge in [0.15, 0.2) is 0 Å². The van der Waals surface area contributed by atoms with Gasteiger partial charge in [0.2, 0.25) is 0 Å². The SMILES string of the molecule is COc1ccccc1NC(=O)c1c(-c2ccc(F)cc2)c2c3n(c(-c4ccc(F)cc4)cn13)CCCC2. The zero-order valence-corrected chi connectivity index (χ0v) is 20.3. The lowest BCUT2D eigenvalue weighted by Gasteiger charge is -2.12. The van der Waals surface area contributed by atoms with E-state index in [4.69, 9.17) is 4.74 Å². The van der Waals surface area contributed by atoms with Gasteiger partial charge in [-0.1, -0.05) is 24.3 Å². The van der Waals surface area contributed by atoms with E-state index in [2.05, 4.69) is 9.88 Å². The number of amides is 1. The number of rotatable bonds is 5. The molecule has 1 N–H and O–H groups in total. The summed E-state index contributed by atoms with van der Waals surface area (Å²) >= 11 is 0. The number of hydrogen-bond acceptors (Lipinski definition) is 2. The van der Waals surface area contributed by atoms with E-state index < -0.39 is 0 Å². The molecule has 0 fully saturated rings. The minimum absolute atomic E-state index is 0.297. The highest BCUT2D eigenvalue weighted by molar-refractivity contribution is 6.10. The summed E-state index contributed by atoms with van der Waals surface area (Å²) in [5, 5.41) is 3.02. The van der Waals surface area contributed by atoms with Crippen LogP contribution in [0.2, 0.25) is 0 Å². The standard InChI is InChI=1S/C30H25F2N3O2/c1-37-26-8-3-2-7-24(26)33-29(36)28-27(20-11-15-22(32)16-12-20)23-6-4-5-17-34-25(18-35(28)30(23)34)19-9-13-21(31)14-10-19/h2-3,7-16,18H,4-6,17H2,1H3,(H,33,36). The van der Waals surface area contributed by atoms with Crippen molar-refractivity contribution in [3.8, 4) is 28.1 Å². The first-order valence-corrected chi connectivity index (χ1v) is 12.3. The highest BCUT2D eigenvalue weighted by atomic mass is 19.1. The fraction of sp³-hybridized carbons (Fsp3) is 0.167. The van der Waals surface area contributed by atoms with E-state index in [0.717, 1.165) is 59.4 Å². The molecule has 37 heavy (non-hydrogen) atoms. The Labute approximate surface area is 212 Å². The summed E-state index contributed by atoms with van der Waals surface area (Å²) in [6.45, 7) is 0.774. The minimum Gasteiger partial charge on any atom is -0.495 e. The Balaban J connectivity index is 1.60. The third-order valence-electron chi connectivity index (χ3n) is 6.98. The topological polar surface area (TPSA) is 47.7 Å². The molecule has 2 aromatic heterocycles. The van der Waals surface area contributed by atoms with Crippen molar-refractivity contribution in [3.05, 3.63) is 102 Å². The molecular formula is C30H25F2N3O2. The minimum atomic E-state index is -0.332. The van der Waals surface area contributed by atoms with Crippen LogP contribution in [0.5, 0.6) is 5.75 Å².